The van der Waals surface area contributed by atoms with Crippen molar-refractivity contribution < 1.29 is 14.7 Å². The Bertz CT molecular complexity index is 526. The number of amides is 2. The van der Waals surface area contributed by atoms with Gasteiger partial charge in [0.1, 0.15) is 0 Å². The molecule has 21 heavy (non-hydrogen) atoms. The van der Waals surface area contributed by atoms with Crippen LogP contribution >= 0.6 is 0 Å². The molecule has 0 bridgehead atoms. The monoisotopic (exact) mass is 292 g/mol. The third-order valence-corrected chi connectivity index (χ3v) is 3.51. The van der Waals surface area contributed by atoms with Crippen molar-refractivity contribution in [1.29, 1.82) is 0 Å². The molecule has 0 fully saturated rings. The highest BCUT2D eigenvalue weighted by Crippen LogP contribution is 2.18. The molecule has 0 heterocycles. The molecule has 0 aliphatic carbocycles. The smallest absolute Gasteiger partial charge is 0.335 e. The summed E-state index contributed by atoms with van der Waals surface area (Å²) in [6, 6.07) is 4.62. The van der Waals surface area contributed by atoms with Gasteiger partial charge in [-0.1, -0.05) is 13.8 Å². The zero-order valence-electron chi connectivity index (χ0n) is 13.3. The lowest BCUT2D eigenvalue weighted by Gasteiger charge is -2.26. The molecule has 1 rings (SSSR count). The minimum atomic E-state index is -0.973. The van der Waals surface area contributed by atoms with Crippen molar-refractivity contribution in [3.63, 3.8) is 0 Å². The molecule has 1 atom stereocenters. The lowest BCUT2D eigenvalue weighted by molar-refractivity contribution is 0.0697. The summed E-state index contributed by atoms with van der Waals surface area (Å²) >= 11 is 0. The zero-order chi connectivity index (χ0) is 16.2. The Balaban J connectivity index is 2.77. The Hall–Kier alpha value is -2.04. The molecule has 0 radical (unpaired) electrons. The lowest BCUT2D eigenvalue weighted by atomic mass is 10.0. The summed E-state index contributed by atoms with van der Waals surface area (Å²) in [6.45, 7) is 8.04. The molecule has 1 unspecified atom stereocenters. The van der Waals surface area contributed by atoms with E-state index in [0.717, 1.165) is 12.0 Å². The van der Waals surface area contributed by atoms with E-state index in [9.17, 15) is 9.59 Å². The van der Waals surface area contributed by atoms with Crippen LogP contribution in [0.3, 0.4) is 0 Å². The maximum atomic E-state index is 12.2. The number of benzene rings is 1. The molecule has 2 N–H and O–H groups in total. The Morgan fingerprint density at radius 3 is 2.38 bits per heavy atom. The van der Waals surface area contributed by atoms with Gasteiger partial charge in [0, 0.05) is 18.8 Å². The molecule has 0 saturated carbocycles. The number of anilines is 1. The standard InChI is InChI=1S/C16H24N2O3/c1-10(2)8-12(4)18(5)16(21)17-14-7-6-13(15(19)20)9-11(14)3/h6-7,9-10,12H,8H2,1-5H3,(H,17,21)(H,19,20). The lowest BCUT2D eigenvalue weighted by Crippen LogP contribution is -2.39. The van der Waals surface area contributed by atoms with Crippen molar-refractivity contribution in [3.8, 4) is 0 Å². The molecule has 116 valence electrons. The Labute approximate surface area is 126 Å². The Morgan fingerprint density at radius 2 is 1.90 bits per heavy atom. The fourth-order valence-electron chi connectivity index (χ4n) is 2.18. The summed E-state index contributed by atoms with van der Waals surface area (Å²) in [7, 11) is 1.77. The summed E-state index contributed by atoms with van der Waals surface area (Å²) in [6.07, 6.45) is 0.931. The van der Waals surface area contributed by atoms with E-state index in [1.54, 1.807) is 31.0 Å². The van der Waals surface area contributed by atoms with Gasteiger partial charge in [0.05, 0.1) is 5.56 Å². The molecule has 5 heteroatoms. The van der Waals surface area contributed by atoms with E-state index in [0.29, 0.717) is 11.6 Å². The molecular weight excluding hydrogens is 268 g/mol. The number of aromatic carboxylic acids is 1. The van der Waals surface area contributed by atoms with E-state index in [1.165, 1.54) is 6.07 Å². The van der Waals surface area contributed by atoms with Crippen molar-refractivity contribution in [1.82, 2.24) is 4.90 Å². The first-order chi connectivity index (χ1) is 9.72. The average Bonchev–Trinajstić information content (AvgIpc) is 2.38. The number of carbonyl (C=O) groups is 2. The molecule has 1 aromatic carbocycles. The van der Waals surface area contributed by atoms with Crippen molar-refractivity contribution in [2.45, 2.75) is 40.2 Å². The number of carbonyl (C=O) groups excluding carboxylic acids is 1. The van der Waals surface area contributed by atoms with Crippen LogP contribution in [0.15, 0.2) is 18.2 Å². The van der Waals surface area contributed by atoms with Gasteiger partial charge in [0.25, 0.3) is 0 Å². The summed E-state index contributed by atoms with van der Waals surface area (Å²) < 4.78 is 0. The number of aryl methyl sites for hydroxylation is 1. The van der Waals surface area contributed by atoms with Crippen LogP contribution in [0.4, 0.5) is 10.5 Å². The molecule has 0 aromatic heterocycles. The highest BCUT2D eigenvalue weighted by molar-refractivity contribution is 5.92. The van der Waals surface area contributed by atoms with Crippen LogP contribution in [-0.2, 0) is 0 Å². The topological polar surface area (TPSA) is 69.6 Å². The van der Waals surface area contributed by atoms with Crippen molar-refractivity contribution in [2.75, 3.05) is 12.4 Å². The van der Waals surface area contributed by atoms with Gasteiger partial charge < -0.3 is 15.3 Å². The van der Waals surface area contributed by atoms with Crippen molar-refractivity contribution >= 4 is 17.7 Å². The first kappa shape index (κ1) is 17.0. The maximum absolute atomic E-state index is 12.2. The fourth-order valence-corrected chi connectivity index (χ4v) is 2.18. The molecule has 0 spiro atoms. The molecule has 1 aromatic rings. The Kier molecular flexibility index (Phi) is 5.76. The SMILES string of the molecule is Cc1cc(C(=O)O)ccc1NC(=O)N(C)C(C)CC(C)C. The molecule has 0 aliphatic heterocycles. The highest BCUT2D eigenvalue weighted by atomic mass is 16.4. The predicted octanol–water partition coefficient (Wildman–Crippen LogP) is 3.59. The minimum Gasteiger partial charge on any atom is -0.478 e. The number of hydrogen-bond acceptors (Lipinski definition) is 2. The highest BCUT2D eigenvalue weighted by Gasteiger charge is 2.17. The number of nitrogens with zero attached hydrogens (tertiary/aromatic N) is 1. The van der Waals surface area contributed by atoms with Crippen LogP contribution < -0.4 is 5.32 Å². The van der Waals surface area contributed by atoms with Crippen LogP contribution in [-0.4, -0.2) is 35.1 Å². The molecule has 0 saturated heterocycles. The third kappa shape index (κ3) is 4.77. The van der Waals surface area contributed by atoms with E-state index < -0.39 is 5.97 Å². The Morgan fingerprint density at radius 1 is 1.29 bits per heavy atom. The number of carboxylic acids is 1. The number of nitrogens with one attached hydrogen (secondary N) is 1. The average molecular weight is 292 g/mol. The molecule has 5 nitrogen and oxygen atoms in total. The van der Waals surface area contributed by atoms with Gasteiger partial charge in [-0.25, -0.2) is 9.59 Å². The van der Waals surface area contributed by atoms with Crippen molar-refractivity contribution in [2.24, 2.45) is 5.92 Å². The summed E-state index contributed by atoms with van der Waals surface area (Å²) in [4.78, 5) is 24.8. The van der Waals surface area contributed by atoms with Gasteiger partial charge in [-0.05, 0) is 49.9 Å². The minimum absolute atomic E-state index is 0.142. The van der Waals surface area contributed by atoms with Crippen LogP contribution in [0.5, 0.6) is 0 Å². The van der Waals surface area contributed by atoms with Crippen LogP contribution in [0, 0.1) is 12.8 Å². The number of carboxylic acid groups (broad SMARTS) is 1. The number of urea groups is 1. The van der Waals surface area contributed by atoms with E-state index in [4.69, 9.17) is 5.11 Å². The van der Waals surface area contributed by atoms with Crippen molar-refractivity contribution in [3.05, 3.63) is 29.3 Å². The second-order valence-electron chi connectivity index (χ2n) is 5.85. The molecular formula is C16H24N2O3. The predicted molar refractivity (Wildman–Crippen MR) is 83.8 cm³/mol. The first-order valence-electron chi connectivity index (χ1n) is 7.10. The van der Waals surface area contributed by atoms with Gasteiger partial charge in [-0.3, -0.25) is 0 Å². The van der Waals surface area contributed by atoms with Crippen LogP contribution in [0.2, 0.25) is 0 Å². The quantitative estimate of drug-likeness (QED) is 0.871. The fraction of sp³-hybridized carbons (Fsp3) is 0.500. The summed E-state index contributed by atoms with van der Waals surface area (Å²) in [5, 5.41) is 11.8. The van der Waals surface area contributed by atoms with Gasteiger partial charge in [0.15, 0.2) is 0 Å². The van der Waals surface area contributed by atoms with E-state index >= 15 is 0 Å². The third-order valence-electron chi connectivity index (χ3n) is 3.51. The summed E-state index contributed by atoms with van der Waals surface area (Å²) in [5.41, 5.74) is 1.58. The maximum Gasteiger partial charge on any atom is 0.335 e. The van der Waals surface area contributed by atoms with Gasteiger partial charge in [-0.2, -0.15) is 0 Å². The zero-order valence-corrected chi connectivity index (χ0v) is 13.3. The normalized spacial score (nSPS) is 12.1. The number of hydrogen-bond donors (Lipinski definition) is 2. The second kappa shape index (κ2) is 7.11. The molecule has 0 aliphatic rings. The van der Waals surface area contributed by atoms with Gasteiger partial charge >= 0.3 is 12.0 Å². The van der Waals surface area contributed by atoms with Crippen LogP contribution in [0.25, 0.3) is 0 Å². The molecule has 2 amide bonds. The van der Waals surface area contributed by atoms with E-state index in [2.05, 4.69) is 19.2 Å². The van der Waals surface area contributed by atoms with E-state index in [-0.39, 0.29) is 17.6 Å². The van der Waals surface area contributed by atoms with E-state index in [1.807, 2.05) is 6.92 Å². The first-order valence-corrected chi connectivity index (χ1v) is 7.10. The van der Waals surface area contributed by atoms with Gasteiger partial charge in [0.2, 0.25) is 0 Å². The second-order valence-corrected chi connectivity index (χ2v) is 5.85. The number of rotatable bonds is 5. The van der Waals surface area contributed by atoms with Crippen LogP contribution in [0.1, 0.15) is 43.1 Å². The largest absolute Gasteiger partial charge is 0.478 e. The van der Waals surface area contributed by atoms with Gasteiger partial charge in [-0.15, -0.1) is 0 Å². The summed E-state index contributed by atoms with van der Waals surface area (Å²) in [5.74, 6) is -0.453.